The Hall–Kier alpha value is -0.740. The van der Waals surface area contributed by atoms with E-state index in [0.29, 0.717) is 0 Å². The first-order chi connectivity index (χ1) is 8.89. The van der Waals surface area contributed by atoms with Crippen molar-refractivity contribution in [1.29, 1.82) is 0 Å². The monoisotopic (exact) mass is 292 g/mol. The molecule has 19 heavy (non-hydrogen) atoms. The Morgan fingerprint density at radius 2 is 1.95 bits per heavy atom. The van der Waals surface area contributed by atoms with E-state index in [4.69, 9.17) is 11.6 Å². The first-order valence-electron chi connectivity index (χ1n) is 6.38. The number of hydrogen-bond donors (Lipinski definition) is 1. The van der Waals surface area contributed by atoms with Gasteiger partial charge in [-0.3, -0.25) is 0 Å². The summed E-state index contributed by atoms with van der Waals surface area (Å²) in [6.07, 6.45) is -0.646. The molecule has 5 heteroatoms. The van der Waals surface area contributed by atoms with Crippen LogP contribution in [0.1, 0.15) is 31.2 Å². The maximum absolute atomic E-state index is 13.6. The van der Waals surface area contributed by atoms with Crippen molar-refractivity contribution in [3.8, 4) is 0 Å². The number of aliphatic hydroxyl groups excluding tert-OH is 1. The van der Waals surface area contributed by atoms with Crippen molar-refractivity contribution < 1.29 is 18.3 Å². The highest BCUT2D eigenvalue weighted by Gasteiger charge is 2.37. The second kappa shape index (κ2) is 5.71. The van der Waals surface area contributed by atoms with Gasteiger partial charge in [-0.2, -0.15) is 0 Å². The van der Waals surface area contributed by atoms with Crippen LogP contribution in [0.5, 0.6) is 0 Å². The average molecular weight is 293 g/mol. The van der Waals surface area contributed by atoms with Gasteiger partial charge >= 0.3 is 0 Å². The lowest BCUT2D eigenvalue weighted by Gasteiger charge is -2.31. The van der Waals surface area contributed by atoms with Gasteiger partial charge in [0.2, 0.25) is 5.92 Å². The van der Waals surface area contributed by atoms with Crippen molar-refractivity contribution in [2.45, 2.75) is 44.1 Å². The number of aliphatic hydroxyl groups is 1. The van der Waals surface area contributed by atoms with Crippen LogP contribution in [0.4, 0.5) is 13.2 Å². The van der Waals surface area contributed by atoms with Crippen LogP contribution < -0.4 is 0 Å². The third-order valence-electron chi connectivity index (χ3n) is 3.78. The molecule has 0 saturated heterocycles. The lowest BCUT2D eigenvalue weighted by atomic mass is 9.81. The van der Waals surface area contributed by atoms with Crippen molar-refractivity contribution in [3.05, 3.63) is 34.6 Å². The van der Waals surface area contributed by atoms with E-state index in [1.807, 2.05) is 0 Å². The molecule has 1 aromatic carbocycles. The number of rotatable bonds is 3. The molecular weight excluding hydrogens is 277 g/mol. The standard InChI is InChI=1S/C14H16ClF3O/c15-11-2-1-3-12(16)10(11)8-13(19)9-4-6-14(17,18)7-5-9/h1-3,9,13,19H,4-8H2. The van der Waals surface area contributed by atoms with Crippen LogP contribution in [0.2, 0.25) is 5.02 Å². The molecule has 0 spiro atoms. The smallest absolute Gasteiger partial charge is 0.248 e. The Labute approximate surface area is 115 Å². The van der Waals surface area contributed by atoms with Gasteiger partial charge in [0, 0.05) is 29.8 Å². The number of benzene rings is 1. The topological polar surface area (TPSA) is 20.2 Å². The van der Waals surface area contributed by atoms with Crippen LogP contribution in [-0.4, -0.2) is 17.1 Å². The van der Waals surface area contributed by atoms with Crippen LogP contribution in [0.15, 0.2) is 18.2 Å². The van der Waals surface area contributed by atoms with Crippen LogP contribution >= 0.6 is 11.6 Å². The predicted octanol–water partition coefficient (Wildman–Crippen LogP) is 4.21. The zero-order valence-corrected chi connectivity index (χ0v) is 11.1. The summed E-state index contributed by atoms with van der Waals surface area (Å²) in [4.78, 5) is 0. The summed E-state index contributed by atoms with van der Waals surface area (Å²) >= 11 is 5.89. The first kappa shape index (κ1) is 14.7. The molecule has 0 aromatic heterocycles. The van der Waals surface area contributed by atoms with Gasteiger partial charge in [-0.05, 0) is 30.9 Å². The summed E-state index contributed by atoms with van der Waals surface area (Å²) in [5, 5.41) is 10.3. The number of halogens is 4. The molecule has 0 radical (unpaired) electrons. The molecule has 1 atom stereocenters. The van der Waals surface area contributed by atoms with Gasteiger partial charge in [0.25, 0.3) is 0 Å². The molecule has 1 nitrogen and oxygen atoms in total. The third-order valence-corrected chi connectivity index (χ3v) is 4.13. The first-order valence-corrected chi connectivity index (χ1v) is 6.75. The molecule has 1 N–H and O–H groups in total. The van der Waals surface area contributed by atoms with Gasteiger partial charge in [-0.1, -0.05) is 17.7 Å². The molecule has 0 bridgehead atoms. The Morgan fingerprint density at radius 3 is 2.53 bits per heavy atom. The molecule has 1 aromatic rings. The minimum absolute atomic E-state index is 0.0712. The minimum atomic E-state index is -2.62. The highest BCUT2D eigenvalue weighted by atomic mass is 35.5. The van der Waals surface area contributed by atoms with Crippen LogP contribution in [0.25, 0.3) is 0 Å². The van der Waals surface area contributed by atoms with E-state index in [0.717, 1.165) is 0 Å². The second-order valence-electron chi connectivity index (χ2n) is 5.17. The largest absolute Gasteiger partial charge is 0.392 e. The minimum Gasteiger partial charge on any atom is -0.392 e. The Bertz CT molecular complexity index is 420. The molecule has 1 fully saturated rings. The fourth-order valence-electron chi connectivity index (χ4n) is 2.55. The fraction of sp³-hybridized carbons (Fsp3) is 0.571. The van der Waals surface area contributed by atoms with E-state index < -0.39 is 17.8 Å². The number of hydrogen-bond acceptors (Lipinski definition) is 1. The molecule has 0 aliphatic heterocycles. The van der Waals surface area contributed by atoms with Crippen LogP contribution in [0.3, 0.4) is 0 Å². The Kier molecular flexibility index (Phi) is 4.41. The summed E-state index contributed by atoms with van der Waals surface area (Å²) < 4.78 is 39.7. The van der Waals surface area contributed by atoms with E-state index in [1.54, 1.807) is 6.07 Å². The summed E-state index contributed by atoms with van der Waals surface area (Å²) in [7, 11) is 0. The molecule has 106 valence electrons. The van der Waals surface area contributed by atoms with Gasteiger partial charge in [-0.25, -0.2) is 13.2 Å². The fourth-order valence-corrected chi connectivity index (χ4v) is 2.79. The maximum Gasteiger partial charge on any atom is 0.248 e. The normalized spacial score (nSPS) is 21.3. The molecule has 1 unspecified atom stereocenters. The Morgan fingerprint density at radius 1 is 1.32 bits per heavy atom. The van der Waals surface area contributed by atoms with Gasteiger partial charge in [0.15, 0.2) is 0 Å². The van der Waals surface area contributed by atoms with Crippen molar-refractivity contribution in [1.82, 2.24) is 0 Å². The van der Waals surface area contributed by atoms with Crippen molar-refractivity contribution >= 4 is 11.6 Å². The third kappa shape index (κ3) is 3.63. The SMILES string of the molecule is OC(Cc1c(F)cccc1Cl)C1CCC(F)(F)CC1. The lowest BCUT2D eigenvalue weighted by Crippen LogP contribution is -2.32. The highest BCUT2D eigenvalue weighted by Crippen LogP contribution is 2.38. The molecular formula is C14H16ClF3O. The summed E-state index contributed by atoms with van der Waals surface area (Å²) in [5.41, 5.74) is 0.258. The second-order valence-corrected chi connectivity index (χ2v) is 5.57. The number of alkyl halides is 2. The van der Waals surface area contributed by atoms with Gasteiger partial charge in [0.05, 0.1) is 6.10 Å². The Balaban J connectivity index is 2.00. The molecule has 2 rings (SSSR count). The van der Waals surface area contributed by atoms with Crippen LogP contribution in [-0.2, 0) is 6.42 Å². The average Bonchev–Trinajstić information content (AvgIpc) is 2.33. The highest BCUT2D eigenvalue weighted by molar-refractivity contribution is 6.31. The molecule has 1 aliphatic rings. The van der Waals surface area contributed by atoms with Crippen molar-refractivity contribution in [2.24, 2.45) is 5.92 Å². The van der Waals surface area contributed by atoms with Gasteiger partial charge < -0.3 is 5.11 Å². The summed E-state index contributed by atoms with van der Waals surface area (Å²) in [5.74, 6) is -3.30. The van der Waals surface area contributed by atoms with E-state index >= 15 is 0 Å². The molecule has 0 heterocycles. The summed E-state index contributed by atoms with van der Waals surface area (Å²) in [6, 6.07) is 4.33. The van der Waals surface area contributed by atoms with Crippen molar-refractivity contribution in [2.75, 3.05) is 0 Å². The van der Waals surface area contributed by atoms with E-state index in [9.17, 15) is 18.3 Å². The van der Waals surface area contributed by atoms with E-state index in [-0.39, 0.29) is 48.6 Å². The molecule has 0 amide bonds. The lowest BCUT2D eigenvalue weighted by molar-refractivity contribution is -0.0620. The van der Waals surface area contributed by atoms with E-state index in [1.165, 1.54) is 12.1 Å². The molecule has 1 aliphatic carbocycles. The predicted molar refractivity (Wildman–Crippen MR) is 68.0 cm³/mol. The quantitative estimate of drug-likeness (QED) is 0.885. The molecule has 1 saturated carbocycles. The maximum atomic E-state index is 13.6. The van der Waals surface area contributed by atoms with Crippen LogP contribution in [0, 0.1) is 11.7 Å². The van der Waals surface area contributed by atoms with Gasteiger partial charge in [-0.15, -0.1) is 0 Å². The van der Waals surface area contributed by atoms with Gasteiger partial charge in [0.1, 0.15) is 5.82 Å². The summed E-state index contributed by atoms with van der Waals surface area (Å²) in [6.45, 7) is 0. The zero-order chi connectivity index (χ0) is 14.0. The van der Waals surface area contributed by atoms with Crippen molar-refractivity contribution in [3.63, 3.8) is 0 Å². The zero-order valence-electron chi connectivity index (χ0n) is 10.4. The van der Waals surface area contributed by atoms with E-state index in [2.05, 4.69) is 0 Å².